The molecule has 0 atom stereocenters. The highest BCUT2D eigenvalue weighted by Gasteiger charge is 2.30. The Morgan fingerprint density at radius 1 is 0.939 bits per heavy atom. The van der Waals surface area contributed by atoms with Gasteiger partial charge < -0.3 is 28.6 Å². The number of amides is 2. The molecule has 2 aromatic rings. The maximum Gasteiger partial charge on any atom is 0.409 e. The van der Waals surface area contributed by atoms with Crippen molar-refractivity contribution in [2.75, 3.05) is 46.4 Å². The summed E-state index contributed by atoms with van der Waals surface area (Å²) in [4.78, 5) is 30.6. The van der Waals surface area contributed by atoms with Crippen molar-refractivity contribution in [3.63, 3.8) is 0 Å². The van der Waals surface area contributed by atoms with Gasteiger partial charge in [0.15, 0.2) is 5.76 Å². The fourth-order valence-electron chi connectivity index (χ4n) is 5.07. The molecule has 0 unspecified atom stereocenters. The SMILES string of the molecule is COC(=O)N1CCN(C(=O)c2cc3cc(OC4CCN(C5CCC5)CC4)c(C)cc3o2)CC1. The monoisotopic (exact) mass is 455 g/mol. The van der Waals surface area contributed by atoms with Crippen LogP contribution in [0.3, 0.4) is 0 Å². The van der Waals surface area contributed by atoms with E-state index in [0.717, 1.165) is 48.7 Å². The number of ether oxygens (including phenoxy) is 2. The van der Waals surface area contributed by atoms with Crippen LogP contribution in [0.1, 0.15) is 48.2 Å². The van der Waals surface area contributed by atoms with Gasteiger partial charge in [-0.05, 0) is 56.4 Å². The number of carbonyl (C=O) groups excluding carboxylic acids is 2. The molecule has 3 fully saturated rings. The normalized spacial score (nSPS) is 20.7. The fourth-order valence-corrected chi connectivity index (χ4v) is 5.07. The second-order valence-electron chi connectivity index (χ2n) is 9.45. The molecule has 2 saturated heterocycles. The summed E-state index contributed by atoms with van der Waals surface area (Å²) in [5.41, 5.74) is 1.71. The van der Waals surface area contributed by atoms with Crippen LogP contribution in [0.25, 0.3) is 11.0 Å². The van der Waals surface area contributed by atoms with Crippen molar-refractivity contribution in [2.45, 2.75) is 51.2 Å². The number of benzene rings is 1. The van der Waals surface area contributed by atoms with Gasteiger partial charge in [-0.3, -0.25) is 4.79 Å². The molecule has 0 bridgehead atoms. The van der Waals surface area contributed by atoms with Gasteiger partial charge in [0, 0.05) is 50.7 Å². The number of fused-ring (bicyclic) bond motifs is 1. The zero-order valence-corrected chi connectivity index (χ0v) is 19.5. The third-order valence-electron chi connectivity index (χ3n) is 7.39. The average Bonchev–Trinajstić information content (AvgIpc) is 3.21. The first-order chi connectivity index (χ1) is 16.0. The van der Waals surface area contributed by atoms with Crippen molar-refractivity contribution in [2.24, 2.45) is 0 Å². The predicted molar refractivity (Wildman–Crippen MR) is 124 cm³/mol. The highest BCUT2D eigenvalue weighted by Crippen LogP contribution is 2.32. The minimum Gasteiger partial charge on any atom is -0.490 e. The quantitative estimate of drug-likeness (QED) is 0.700. The Morgan fingerprint density at radius 3 is 2.27 bits per heavy atom. The lowest BCUT2D eigenvalue weighted by Crippen LogP contribution is -2.50. The molecular weight excluding hydrogens is 422 g/mol. The smallest absolute Gasteiger partial charge is 0.409 e. The van der Waals surface area contributed by atoms with Crippen molar-refractivity contribution in [1.29, 1.82) is 0 Å². The van der Waals surface area contributed by atoms with E-state index in [2.05, 4.69) is 4.90 Å². The first-order valence-electron chi connectivity index (χ1n) is 12.1. The molecule has 1 saturated carbocycles. The van der Waals surface area contributed by atoms with Gasteiger partial charge in [-0.25, -0.2) is 4.79 Å². The summed E-state index contributed by atoms with van der Waals surface area (Å²) in [6.07, 6.45) is 6.06. The fraction of sp³-hybridized carbons (Fsp3) is 0.600. The molecule has 3 heterocycles. The summed E-state index contributed by atoms with van der Waals surface area (Å²) in [5.74, 6) is 1.04. The van der Waals surface area contributed by atoms with E-state index in [9.17, 15) is 9.59 Å². The van der Waals surface area contributed by atoms with Crippen molar-refractivity contribution in [1.82, 2.24) is 14.7 Å². The van der Waals surface area contributed by atoms with E-state index in [0.29, 0.717) is 37.5 Å². The van der Waals surface area contributed by atoms with Crippen LogP contribution in [-0.4, -0.2) is 85.2 Å². The van der Waals surface area contributed by atoms with Gasteiger partial charge in [0.1, 0.15) is 17.4 Å². The molecule has 0 spiro atoms. The van der Waals surface area contributed by atoms with Crippen LogP contribution in [0.15, 0.2) is 22.6 Å². The summed E-state index contributed by atoms with van der Waals surface area (Å²) < 4.78 is 17.1. The number of nitrogens with zero attached hydrogens (tertiary/aromatic N) is 3. The molecule has 0 N–H and O–H groups in total. The lowest BCUT2D eigenvalue weighted by molar-refractivity contribution is 0.0491. The second kappa shape index (κ2) is 9.25. The maximum absolute atomic E-state index is 13.0. The van der Waals surface area contributed by atoms with Gasteiger partial charge in [-0.15, -0.1) is 0 Å². The average molecular weight is 456 g/mol. The Balaban J connectivity index is 1.23. The summed E-state index contributed by atoms with van der Waals surface area (Å²) >= 11 is 0. The molecule has 178 valence electrons. The summed E-state index contributed by atoms with van der Waals surface area (Å²) in [6, 6.07) is 6.56. The molecule has 3 aliphatic rings. The van der Waals surface area contributed by atoms with Gasteiger partial charge in [-0.2, -0.15) is 0 Å². The topological polar surface area (TPSA) is 75.5 Å². The van der Waals surface area contributed by atoms with Crippen LogP contribution in [0.4, 0.5) is 4.79 Å². The van der Waals surface area contributed by atoms with E-state index in [4.69, 9.17) is 13.9 Å². The number of aryl methyl sites for hydroxylation is 1. The van der Waals surface area contributed by atoms with Crippen molar-refractivity contribution < 1.29 is 23.5 Å². The van der Waals surface area contributed by atoms with E-state index < -0.39 is 0 Å². The Hall–Kier alpha value is -2.74. The van der Waals surface area contributed by atoms with E-state index >= 15 is 0 Å². The predicted octanol–water partition coefficient (Wildman–Crippen LogP) is 3.66. The van der Waals surface area contributed by atoms with Crippen LogP contribution in [0.5, 0.6) is 5.75 Å². The largest absolute Gasteiger partial charge is 0.490 e. The molecule has 8 heteroatoms. The van der Waals surface area contributed by atoms with Gasteiger partial charge >= 0.3 is 6.09 Å². The van der Waals surface area contributed by atoms with Crippen LogP contribution in [0.2, 0.25) is 0 Å². The number of piperidine rings is 1. The van der Waals surface area contributed by atoms with E-state index in [1.165, 1.54) is 26.4 Å². The number of furan rings is 1. The second-order valence-corrected chi connectivity index (χ2v) is 9.45. The Labute approximate surface area is 194 Å². The Bertz CT molecular complexity index is 1010. The summed E-state index contributed by atoms with van der Waals surface area (Å²) in [6.45, 7) is 6.07. The van der Waals surface area contributed by atoms with Crippen LogP contribution < -0.4 is 4.74 Å². The summed E-state index contributed by atoms with van der Waals surface area (Å²) in [7, 11) is 1.37. The third kappa shape index (κ3) is 4.53. The zero-order valence-electron chi connectivity index (χ0n) is 19.5. The molecule has 33 heavy (non-hydrogen) atoms. The highest BCUT2D eigenvalue weighted by molar-refractivity contribution is 5.96. The highest BCUT2D eigenvalue weighted by atomic mass is 16.5. The van der Waals surface area contributed by atoms with Crippen molar-refractivity contribution in [3.8, 4) is 5.75 Å². The van der Waals surface area contributed by atoms with Crippen LogP contribution >= 0.6 is 0 Å². The Morgan fingerprint density at radius 2 is 1.64 bits per heavy atom. The zero-order chi connectivity index (χ0) is 22.9. The first kappa shape index (κ1) is 22.1. The number of hydrogen-bond acceptors (Lipinski definition) is 6. The van der Waals surface area contributed by atoms with E-state index in [-0.39, 0.29) is 18.1 Å². The number of rotatable bonds is 4. The third-order valence-corrected chi connectivity index (χ3v) is 7.39. The van der Waals surface area contributed by atoms with Gasteiger partial charge in [0.05, 0.1) is 7.11 Å². The van der Waals surface area contributed by atoms with E-state index in [1.54, 1.807) is 15.9 Å². The molecule has 2 aliphatic heterocycles. The number of methoxy groups -OCH3 is 1. The standard InChI is InChI=1S/C25H33N3O5/c1-17-14-22-18(15-21(17)32-20-6-8-26(9-7-20)19-4-3-5-19)16-23(33-22)24(29)27-10-12-28(13-11-27)25(30)31-2/h14-16,19-20H,3-13H2,1-2H3. The lowest BCUT2D eigenvalue weighted by atomic mass is 9.90. The van der Waals surface area contributed by atoms with Gasteiger partial charge in [0.25, 0.3) is 5.91 Å². The van der Waals surface area contributed by atoms with Gasteiger partial charge in [-0.1, -0.05) is 6.42 Å². The number of piperazine rings is 1. The molecule has 8 nitrogen and oxygen atoms in total. The molecule has 1 aromatic carbocycles. The molecule has 1 aliphatic carbocycles. The number of hydrogen-bond donors (Lipinski definition) is 0. The van der Waals surface area contributed by atoms with Crippen LogP contribution in [0, 0.1) is 6.92 Å². The molecular formula is C25H33N3O5. The molecule has 2 amide bonds. The molecule has 0 radical (unpaired) electrons. The minimum absolute atomic E-state index is 0.154. The number of likely N-dealkylation sites (tertiary alicyclic amines) is 1. The minimum atomic E-state index is -0.359. The van der Waals surface area contributed by atoms with Crippen molar-refractivity contribution >= 4 is 23.0 Å². The van der Waals surface area contributed by atoms with E-state index in [1.807, 2.05) is 19.1 Å². The van der Waals surface area contributed by atoms with Gasteiger partial charge in [0.2, 0.25) is 0 Å². The first-order valence-corrected chi connectivity index (χ1v) is 12.1. The molecule has 1 aromatic heterocycles. The lowest BCUT2D eigenvalue weighted by Gasteiger charge is -2.41. The molecule has 5 rings (SSSR count). The summed E-state index contributed by atoms with van der Waals surface area (Å²) in [5, 5.41) is 0.874. The van der Waals surface area contributed by atoms with Crippen LogP contribution in [-0.2, 0) is 4.74 Å². The number of carbonyl (C=O) groups is 2. The van der Waals surface area contributed by atoms with Crippen molar-refractivity contribution in [3.05, 3.63) is 29.5 Å². The Kier molecular flexibility index (Phi) is 6.19. The maximum atomic E-state index is 13.0.